The number of hydrogen-bond acceptors (Lipinski definition) is 1. The summed E-state index contributed by atoms with van der Waals surface area (Å²) in [7, 11) is 0. The van der Waals surface area contributed by atoms with Gasteiger partial charge in [0.1, 0.15) is 0 Å². The van der Waals surface area contributed by atoms with Gasteiger partial charge in [-0.25, -0.2) is 4.79 Å². The third-order valence-corrected chi connectivity index (χ3v) is 1.25. The number of halogens is 1. The summed E-state index contributed by atoms with van der Waals surface area (Å²) in [5.41, 5.74) is 0. The molecule has 0 aromatic carbocycles. The second kappa shape index (κ2) is 2.80. The highest BCUT2D eigenvalue weighted by molar-refractivity contribution is 9.12. The Labute approximate surface area is 50.0 Å². The molecule has 0 aromatic heterocycles. The van der Waals surface area contributed by atoms with Gasteiger partial charge in [0, 0.05) is 0 Å². The van der Waals surface area contributed by atoms with Gasteiger partial charge in [0.05, 0.1) is 4.48 Å². The Kier molecular flexibility index (Phi) is 2.67. The number of aliphatic carboxylic acids is 1. The standard InChI is InChI=1S/C4H5BrO2/c1-2-3(5)4(6)7/h2H,1H3,(H,6,7). The largest absolute Gasteiger partial charge is 0.477 e. The molecule has 0 radical (unpaired) electrons. The monoisotopic (exact) mass is 164 g/mol. The van der Waals surface area contributed by atoms with E-state index in [2.05, 4.69) is 15.9 Å². The van der Waals surface area contributed by atoms with Crippen molar-refractivity contribution in [1.82, 2.24) is 0 Å². The van der Waals surface area contributed by atoms with E-state index in [0.29, 0.717) is 0 Å². The molecule has 0 amide bonds. The molecule has 40 valence electrons. The summed E-state index contributed by atoms with van der Waals surface area (Å²) in [6.07, 6.45) is 1.47. The molecule has 0 saturated carbocycles. The van der Waals surface area contributed by atoms with E-state index in [0.717, 1.165) is 0 Å². The Hall–Kier alpha value is -0.310. The van der Waals surface area contributed by atoms with Crippen LogP contribution in [0.2, 0.25) is 0 Å². The van der Waals surface area contributed by atoms with Crippen molar-refractivity contribution in [1.29, 1.82) is 0 Å². The first-order valence-electron chi connectivity index (χ1n) is 1.73. The van der Waals surface area contributed by atoms with Gasteiger partial charge in [-0.1, -0.05) is 6.08 Å². The minimum atomic E-state index is -0.928. The molecule has 1 N–H and O–H groups in total. The Morgan fingerprint density at radius 2 is 2.29 bits per heavy atom. The van der Waals surface area contributed by atoms with Crippen LogP contribution < -0.4 is 0 Å². The van der Waals surface area contributed by atoms with E-state index in [1.54, 1.807) is 6.92 Å². The first kappa shape index (κ1) is 6.69. The van der Waals surface area contributed by atoms with Crippen molar-refractivity contribution >= 4 is 21.9 Å². The van der Waals surface area contributed by atoms with Gasteiger partial charge < -0.3 is 5.11 Å². The number of allylic oxidation sites excluding steroid dienone is 1. The van der Waals surface area contributed by atoms with E-state index in [-0.39, 0.29) is 4.48 Å². The molecular formula is C4H5BrO2. The van der Waals surface area contributed by atoms with Crippen LogP contribution in [0.3, 0.4) is 0 Å². The Bertz CT molecular complexity index is 106. The second-order valence-electron chi connectivity index (χ2n) is 0.942. The van der Waals surface area contributed by atoms with Crippen LogP contribution in [0, 0.1) is 0 Å². The molecule has 0 unspecified atom stereocenters. The zero-order valence-electron chi connectivity index (χ0n) is 3.81. The lowest BCUT2D eigenvalue weighted by atomic mass is 10.5. The van der Waals surface area contributed by atoms with E-state index in [1.807, 2.05) is 0 Å². The lowest BCUT2D eigenvalue weighted by Crippen LogP contribution is -1.91. The van der Waals surface area contributed by atoms with E-state index in [9.17, 15) is 4.79 Å². The first-order chi connectivity index (χ1) is 3.18. The fraction of sp³-hybridized carbons (Fsp3) is 0.250. The molecule has 0 aromatic rings. The molecule has 0 spiro atoms. The van der Waals surface area contributed by atoms with Gasteiger partial charge in [-0.15, -0.1) is 0 Å². The Morgan fingerprint density at radius 1 is 1.86 bits per heavy atom. The predicted molar refractivity (Wildman–Crippen MR) is 30.3 cm³/mol. The van der Waals surface area contributed by atoms with Crippen LogP contribution in [0.5, 0.6) is 0 Å². The van der Waals surface area contributed by atoms with Gasteiger partial charge in [-0.3, -0.25) is 0 Å². The van der Waals surface area contributed by atoms with E-state index >= 15 is 0 Å². The van der Waals surface area contributed by atoms with Gasteiger partial charge in [0.15, 0.2) is 0 Å². The maximum atomic E-state index is 9.82. The van der Waals surface area contributed by atoms with Crippen LogP contribution in [-0.4, -0.2) is 11.1 Å². The number of rotatable bonds is 1. The summed E-state index contributed by atoms with van der Waals surface area (Å²) >= 11 is 2.80. The fourth-order valence-corrected chi connectivity index (χ4v) is 0.123. The number of carbonyl (C=O) groups is 1. The number of hydrogen-bond donors (Lipinski definition) is 1. The van der Waals surface area contributed by atoms with Crippen molar-refractivity contribution in [2.45, 2.75) is 6.92 Å². The molecule has 2 nitrogen and oxygen atoms in total. The topological polar surface area (TPSA) is 37.3 Å². The smallest absolute Gasteiger partial charge is 0.342 e. The summed E-state index contributed by atoms with van der Waals surface area (Å²) < 4.78 is 0.201. The molecule has 0 aliphatic rings. The third kappa shape index (κ3) is 2.39. The zero-order valence-corrected chi connectivity index (χ0v) is 5.40. The summed E-state index contributed by atoms with van der Waals surface area (Å²) in [5.74, 6) is -0.928. The lowest BCUT2D eigenvalue weighted by molar-refractivity contribution is -0.131. The van der Waals surface area contributed by atoms with Crippen LogP contribution >= 0.6 is 15.9 Å². The SMILES string of the molecule is CC=C(Br)C(=O)O. The summed E-state index contributed by atoms with van der Waals surface area (Å²) in [6, 6.07) is 0. The summed E-state index contributed by atoms with van der Waals surface area (Å²) in [4.78, 5) is 9.82. The van der Waals surface area contributed by atoms with Crippen LogP contribution in [0.4, 0.5) is 0 Å². The second-order valence-corrected chi connectivity index (χ2v) is 1.80. The van der Waals surface area contributed by atoms with Gasteiger partial charge in [-0.05, 0) is 22.9 Å². The summed E-state index contributed by atoms with van der Waals surface area (Å²) in [6.45, 7) is 1.65. The minimum Gasteiger partial charge on any atom is -0.477 e. The van der Waals surface area contributed by atoms with E-state index < -0.39 is 5.97 Å². The van der Waals surface area contributed by atoms with Crippen LogP contribution in [0.15, 0.2) is 10.6 Å². The van der Waals surface area contributed by atoms with Crippen LogP contribution in [0.25, 0.3) is 0 Å². The lowest BCUT2D eigenvalue weighted by Gasteiger charge is -1.81. The van der Waals surface area contributed by atoms with Gasteiger partial charge in [-0.2, -0.15) is 0 Å². The van der Waals surface area contributed by atoms with Crippen LogP contribution in [0.1, 0.15) is 6.92 Å². The zero-order chi connectivity index (χ0) is 5.86. The first-order valence-corrected chi connectivity index (χ1v) is 2.53. The molecule has 0 aliphatic heterocycles. The van der Waals surface area contributed by atoms with Gasteiger partial charge in [0.2, 0.25) is 0 Å². The van der Waals surface area contributed by atoms with Crippen molar-refractivity contribution in [2.75, 3.05) is 0 Å². The maximum Gasteiger partial charge on any atom is 0.342 e. The number of carboxylic acids is 1. The average Bonchev–Trinajstić information content (AvgIpc) is 1.65. The van der Waals surface area contributed by atoms with E-state index in [4.69, 9.17) is 5.11 Å². The summed E-state index contributed by atoms with van der Waals surface area (Å²) in [5, 5.41) is 8.07. The molecule has 0 heterocycles. The molecule has 0 bridgehead atoms. The Morgan fingerprint density at radius 3 is 2.29 bits per heavy atom. The van der Waals surface area contributed by atoms with Crippen molar-refractivity contribution < 1.29 is 9.90 Å². The molecule has 7 heavy (non-hydrogen) atoms. The molecule has 0 aliphatic carbocycles. The van der Waals surface area contributed by atoms with Gasteiger partial charge >= 0.3 is 5.97 Å². The fourth-order valence-electron chi connectivity index (χ4n) is 0.123. The van der Waals surface area contributed by atoms with E-state index in [1.165, 1.54) is 6.08 Å². The third-order valence-electron chi connectivity index (χ3n) is 0.458. The van der Waals surface area contributed by atoms with Crippen molar-refractivity contribution in [3.63, 3.8) is 0 Å². The van der Waals surface area contributed by atoms with Gasteiger partial charge in [0.25, 0.3) is 0 Å². The van der Waals surface area contributed by atoms with Crippen LogP contribution in [-0.2, 0) is 4.79 Å². The van der Waals surface area contributed by atoms with Crippen molar-refractivity contribution in [3.8, 4) is 0 Å². The quantitative estimate of drug-likeness (QED) is 0.595. The molecule has 0 fully saturated rings. The Balaban J connectivity index is 3.82. The normalized spacial score (nSPS) is 11.4. The predicted octanol–water partition coefficient (Wildman–Crippen LogP) is 1.37. The average molecular weight is 165 g/mol. The molecule has 0 rings (SSSR count). The molecule has 3 heteroatoms. The van der Waals surface area contributed by atoms with Crippen molar-refractivity contribution in [3.05, 3.63) is 10.6 Å². The molecule has 0 saturated heterocycles. The molecular weight excluding hydrogens is 160 g/mol. The number of carboxylic acid groups (broad SMARTS) is 1. The highest BCUT2D eigenvalue weighted by Crippen LogP contribution is 2.01. The highest BCUT2D eigenvalue weighted by atomic mass is 79.9. The molecule has 0 atom stereocenters. The van der Waals surface area contributed by atoms with Crippen molar-refractivity contribution in [2.24, 2.45) is 0 Å². The maximum absolute atomic E-state index is 9.82. The highest BCUT2D eigenvalue weighted by Gasteiger charge is 1.96. The minimum absolute atomic E-state index is 0.201.